The fourth-order valence-electron chi connectivity index (χ4n) is 2.26. The molecule has 4 nitrogen and oxygen atoms in total. The average molecular weight is 319 g/mol. The Hall–Kier alpha value is -0.970. The number of nitrogens with zero attached hydrogens (tertiary/aromatic N) is 1. The summed E-state index contributed by atoms with van der Waals surface area (Å²) in [5.41, 5.74) is 5.88. The number of rotatable bonds is 3. The van der Waals surface area contributed by atoms with E-state index in [9.17, 15) is 4.79 Å². The van der Waals surface area contributed by atoms with Gasteiger partial charge in [0.15, 0.2) is 6.10 Å². The molecule has 1 aromatic rings. The predicted molar refractivity (Wildman–Crippen MR) is 82.6 cm³/mol. The van der Waals surface area contributed by atoms with E-state index in [0.717, 1.165) is 19.4 Å². The number of benzene rings is 1. The van der Waals surface area contributed by atoms with E-state index in [4.69, 9.17) is 22.1 Å². The number of carbonyl (C=O) groups is 1. The van der Waals surface area contributed by atoms with E-state index in [1.807, 2.05) is 0 Å². The zero-order valence-corrected chi connectivity index (χ0v) is 13.0. The molecular weight excluding hydrogens is 299 g/mol. The van der Waals surface area contributed by atoms with Gasteiger partial charge in [0, 0.05) is 24.2 Å². The lowest BCUT2D eigenvalue weighted by Crippen LogP contribution is -2.49. The topological polar surface area (TPSA) is 55.6 Å². The molecule has 20 heavy (non-hydrogen) atoms. The second-order valence-electron chi connectivity index (χ2n) is 4.90. The summed E-state index contributed by atoms with van der Waals surface area (Å²) in [5.74, 6) is 0.588. The van der Waals surface area contributed by atoms with Gasteiger partial charge in [0.2, 0.25) is 0 Å². The monoisotopic (exact) mass is 318 g/mol. The number of likely N-dealkylation sites (tertiary alicyclic amines) is 1. The molecule has 1 aliphatic rings. The normalized spacial score (nSPS) is 19.9. The fraction of sp³-hybridized carbons (Fsp3) is 0.500. The van der Waals surface area contributed by atoms with Crippen molar-refractivity contribution in [3.8, 4) is 5.75 Å². The Morgan fingerprint density at radius 1 is 1.55 bits per heavy atom. The molecule has 2 N–H and O–H groups in total. The van der Waals surface area contributed by atoms with E-state index in [1.165, 1.54) is 0 Å². The van der Waals surface area contributed by atoms with Crippen molar-refractivity contribution in [1.82, 2.24) is 4.90 Å². The van der Waals surface area contributed by atoms with Crippen molar-refractivity contribution in [2.24, 2.45) is 5.73 Å². The molecule has 0 spiro atoms. The van der Waals surface area contributed by atoms with Gasteiger partial charge < -0.3 is 15.4 Å². The van der Waals surface area contributed by atoms with E-state index in [0.29, 0.717) is 17.3 Å². The molecule has 0 radical (unpaired) electrons. The maximum Gasteiger partial charge on any atom is 0.263 e. The average Bonchev–Trinajstić information content (AvgIpc) is 2.38. The van der Waals surface area contributed by atoms with Crippen LogP contribution in [-0.2, 0) is 4.79 Å². The molecule has 1 aromatic carbocycles. The van der Waals surface area contributed by atoms with E-state index >= 15 is 0 Å². The number of hydrogen-bond donors (Lipinski definition) is 1. The maximum absolute atomic E-state index is 12.2. The van der Waals surface area contributed by atoms with Crippen molar-refractivity contribution in [3.63, 3.8) is 0 Å². The molecule has 0 aliphatic carbocycles. The molecule has 1 saturated heterocycles. The summed E-state index contributed by atoms with van der Waals surface area (Å²) < 4.78 is 5.63. The van der Waals surface area contributed by atoms with Crippen LogP contribution < -0.4 is 10.5 Å². The van der Waals surface area contributed by atoms with Crippen molar-refractivity contribution in [3.05, 3.63) is 29.3 Å². The van der Waals surface area contributed by atoms with Gasteiger partial charge in [-0.15, -0.1) is 12.4 Å². The largest absolute Gasteiger partial charge is 0.481 e. The third kappa shape index (κ3) is 4.54. The molecular formula is C14H20Cl2N2O2. The number of nitrogens with two attached hydrogens (primary N) is 1. The van der Waals surface area contributed by atoms with Crippen molar-refractivity contribution in [2.45, 2.75) is 31.9 Å². The number of piperidine rings is 1. The lowest BCUT2D eigenvalue weighted by Gasteiger charge is -2.32. The Morgan fingerprint density at radius 2 is 2.30 bits per heavy atom. The first-order valence-electron chi connectivity index (χ1n) is 6.53. The van der Waals surface area contributed by atoms with E-state index < -0.39 is 6.10 Å². The van der Waals surface area contributed by atoms with Crippen LogP contribution in [0, 0.1) is 0 Å². The minimum atomic E-state index is -0.524. The number of ether oxygens (including phenoxy) is 1. The molecule has 0 bridgehead atoms. The summed E-state index contributed by atoms with van der Waals surface area (Å²) in [6, 6.07) is 7.14. The van der Waals surface area contributed by atoms with Crippen LogP contribution >= 0.6 is 24.0 Å². The molecule has 1 fully saturated rings. The summed E-state index contributed by atoms with van der Waals surface area (Å²) >= 11 is 5.88. The Kier molecular flexibility index (Phi) is 6.59. The summed E-state index contributed by atoms with van der Waals surface area (Å²) in [4.78, 5) is 14.0. The summed E-state index contributed by atoms with van der Waals surface area (Å²) in [5, 5.41) is 0.595. The van der Waals surface area contributed by atoms with Gasteiger partial charge in [-0.3, -0.25) is 4.79 Å². The van der Waals surface area contributed by atoms with Crippen LogP contribution in [0.25, 0.3) is 0 Å². The summed E-state index contributed by atoms with van der Waals surface area (Å²) in [6.45, 7) is 3.13. The Morgan fingerprint density at radius 3 is 2.95 bits per heavy atom. The highest BCUT2D eigenvalue weighted by atomic mass is 35.5. The smallest absolute Gasteiger partial charge is 0.263 e. The first kappa shape index (κ1) is 17.1. The van der Waals surface area contributed by atoms with Gasteiger partial charge in [-0.25, -0.2) is 0 Å². The van der Waals surface area contributed by atoms with Gasteiger partial charge in [0.1, 0.15) is 5.75 Å². The van der Waals surface area contributed by atoms with Crippen molar-refractivity contribution >= 4 is 29.9 Å². The fourth-order valence-corrected chi connectivity index (χ4v) is 2.44. The number of hydrogen-bond acceptors (Lipinski definition) is 3. The van der Waals surface area contributed by atoms with Crippen molar-refractivity contribution < 1.29 is 9.53 Å². The lowest BCUT2D eigenvalue weighted by atomic mass is 10.1. The van der Waals surface area contributed by atoms with Crippen LogP contribution in [0.1, 0.15) is 19.8 Å². The number of carbonyl (C=O) groups excluding carboxylic acids is 1. The van der Waals surface area contributed by atoms with Crippen LogP contribution in [0.4, 0.5) is 0 Å². The van der Waals surface area contributed by atoms with Gasteiger partial charge in [0.05, 0.1) is 0 Å². The molecule has 2 rings (SSSR count). The van der Waals surface area contributed by atoms with Crippen LogP contribution in [-0.4, -0.2) is 36.0 Å². The second kappa shape index (κ2) is 7.72. The SMILES string of the molecule is CC(Oc1cccc(Cl)c1)C(=O)N1CCCC(N)C1.Cl. The minimum absolute atomic E-state index is 0. The van der Waals surface area contributed by atoms with Crippen LogP contribution in [0.15, 0.2) is 24.3 Å². The third-order valence-electron chi connectivity index (χ3n) is 3.23. The molecule has 1 heterocycles. The standard InChI is InChI=1S/C14H19ClN2O2.ClH/c1-10(19-13-6-2-4-11(15)8-13)14(18)17-7-3-5-12(16)9-17;/h2,4,6,8,10,12H,3,5,7,9,16H2,1H3;1H. The molecule has 112 valence electrons. The molecule has 2 unspecified atom stereocenters. The quantitative estimate of drug-likeness (QED) is 0.931. The van der Waals surface area contributed by atoms with E-state index in [-0.39, 0.29) is 24.4 Å². The highest BCUT2D eigenvalue weighted by molar-refractivity contribution is 6.30. The third-order valence-corrected chi connectivity index (χ3v) is 3.46. The van der Waals surface area contributed by atoms with Gasteiger partial charge in [-0.05, 0) is 38.0 Å². The first-order valence-corrected chi connectivity index (χ1v) is 6.90. The summed E-state index contributed by atoms with van der Waals surface area (Å²) in [6.07, 6.45) is 1.41. The molecule has 1 aliphatic heterocycles. The van der Waals surface area contributed by atoms with Crippen LogP contribution in [0.3, 0.4) is 0 Å². The second-order valence-corrected chi connectivity index (χ2v) is 5.34. The van der Waals surface area contributed by atoms with Gasteiger partial charge >= 0.3 is 0 Å². The first-order chi connectivity index (χ1) is 9.06. The molecule has 6 heteroatoms. The Balaban J connectivity index is 0.00000200. The van der Waals surface area contributed by atoms with Gasteiger partial charge in [0.25, 0.3) is 5.91 Å². The van der Waals surface area contributed by atoms with E-state index in [1.54, 1.807) is 36.1 Å². The minimum Gasteiger partial charge on any atom is -0.481 e. The molecule has 2 atom stereocenters. The summed E-state index contributed by atoms with van der Waals surface area (Å²) in [7, 11) is 0. The van der Waals surface area contributed by atoms with Crippen LogP contribution in [0.5, 0.6) is 5.75 Å². The van der Waals surface area contributed by atoms with Gasteiger partial charge in [-0.2, -0.15) is 0 Å². The zero-order valence-electron chi connectivity index (χ0n) is 11.4. The highest BCUT2D eigenvalue weighted by Gasteiger charge is 2.26. The number of amides is 1. The molecule has 1 amide bonds. The highest BCUT2D eigenvalue weighted by Crippen LogP contribution is 2.19. The zero-order chi connectivity index (χ0) is 13.8. The van der Waals surface area contributed by atoms with Crippen molar-refractivity contribution in [1.29, 1.82) is 0 Å². The van der Waals surface area contributed by atoms with E-state index in [2.05, 4.69) is 0 Å². The Labute approximate surface area is 130 Å². The maximum atomic E-state index is 12.2. The van der Waals surface area contributed by atoms with Crippen molar-refractivity contribution in [2.75, 3.05) is 13.1 Å². The molecule has 0 aromatic heterocycles. The van der Waals surface area contributed by atoms with Gasteiger partial charge in [-0.1, -0.05) is 17.7 Å². The predicted octanol–water partition coefficient (Wildman–Crippen LogP) is 2.48. The van der Waals surface area contributed by atoms with Crippen LogP contribution in [0.2, 0.25) is 5.02 Å². The molecule has 0 saturated carbocycles. The Bertz CT molecular complexity index is 457. The number of halogens is 2. The lowest BCUT2D eigenvalue weighted by molar-refractivity contribution is -0.139.